The van der Waals surface area contributed by atoms with Crippen molar-refractivity contribution in [3.63, 3.8) is 0 Å². The minimum atomic E-state index is -1.26. The molecule has 0 unspecified atom stereocenters. The second-order valence-electron chi connectivity index (χ2n) is 6.71. The maximum Gasteiger partial charge on any atom is 1.00 e. The number of hydrogen-bond donors (Lipinski definition) is 5. The fourth-order valence-corrected chi connectivity index (χ4v) is 2.98. The minimum Gasteiger partial charge on any atom is -0.846 e. The van der Waals surface area contributed by atoms with E-state index in [1.54, 1.807) is 24.3 Å². The van der Waals surface area contributed by atoms with E-state index in [9.17, 15) is 14.7 Å². The first-order chi connectivity index (χ1) is 14.8. The Kier molecular flexibility index (Phi) is 10.9. The zero-order valence-electron chi connectivity index (χ0n) is 17.8. The molecular formula is C21H25N6NaO4. The number of guanidine groups is 1. The summed E-state index contributed by atoms with van der Waals surface area (Å²) in [5.74, 6) is -1.39. The molecule has 0 radical (unpaired) electrons. The van der Waals surface area contributed by atoms with Crippen molar-refractivity contribution >= 4 is 23.9 Å². The summed E-state index contributed by atoms with van der Waals surface area (Å²) in [4.78, 5) is 30.2. The van der Waals surface area contributed by atoms with Crippen molar-refractivity contribution in [1.82, 2.24) is 5.32 Å². The third-order valence-corrected chi connectivity index (χ3v) is 4.49. The van der Waals surface area contributed by atoms with Crippen LogP contribution in [0.4, 0.5) is 0 Å². The van der Waals surface area contributed by atoms with Gasteiger partial charge in [-0.15, -0.1) is 0 Å². The van der Waals surface area contributed by atoms with E-state index in [1.807, 2.05) is 36.4 Å². The summed E-state index contributed by atoms with van der Waals surface area (Å²) in [5.41, 5.74) is 15.4. The summed E-state index contributed by atoms with van der Waals surface area (Å²) in [6.45, 7) is 0.420. The number of amidine groups is 1. The average molecular weight is 448 g/mol. The van der Waals surface area contributed by atoms with Gasteiger partial charge in [0.2, 0.25) is 0 Å². The number of carboxylic acids is 1. The van der Waals surface area contributed by atoms with Gasteiger partial charge in [0.1, 0.15) is 6.04 Å². The van der Waals surface area contributed by atoms with Crippen LogP contribution < -0.4 is 57.2 Å². The van der Waals surface area contributed by atoms with Crippen molar-refractivity contribution in [2.24, 2.45) is 27.2 Å². The molecule has 0 aliphatic carbocycles. The number of rotatable bonds is 7. The molecular weight excluding hydrogens is 423 g/mol. The van der Waals surface area contributed by atoms with Gasteiger partial charge in [0.15, 0.2) is 11.5 Å². The van der Waals surface area contributed by atoms with Gasteiger partial charge in [-0.1, -0.05) is 60.7 Å². The van der Waals surface area contributed by atoms with E-state index in [-0.39, 0.29) is 35.5 Å². The van der Waals surface area contributed by atoms with Gasteiger partial charge in [0, 0.05) is 6.54 Å². The Balaban J connectivity index is 0.000000346. The van der Waals surface area contributed by atoms with Crippen LogP contribution in [0.25, 0.3) is 0 Å². The molecule has 1 atom stereocenters. The van der Waals surface area contributed by atoms with Crippen molar-refractivity contribution in [3.05, 3.63) is 71.8 Å². The molecule has 10 nitrogen and oxygen atoms in total. The number of aliphatic carboxylic acids is 1. The maximum atomic E-state index is 12.3. The van der Waals surface area contributed by atoms with Crippen LogP contribution in [0.1, 0.15) is 24.0 Å². The molecule has 11 heteroatoms. The van der Waals surface area contributed by atoms with Gasteiger partial charge in [-0.05, 0) is 24.0 Å². The first-order valence-electron chi connectivity index (χ1n) is 9.50. The number of amides is 1. The second-order valence-corrected chi connectivity index (χ2v) is 6.71. The summed E-state index contributed by atoms with van der Waals surface area (Å²) in [5, 5.41) is 22.2. The number of nitrogens with one attached hydrogen (secondary N) is 1. The third-order valence-electron chi connectivity index (χ3n) is 4.49. The molecule has 0 fully saturated rings. The number of nitrogens with zero attached hydrogens (tertiary/aromatic N) is 2. The van der Waals surface area contributed by atoms with Gasteiger partial charge < -0.3 is 32.7 Å². The standard InChI is InChI=1S/C15H12N2O2.C6H14N4O2.Na/c18-13-15(17-14(19)16-13,11-7-3-1-4-8-11)12-9-5-2-6-10-12;7-4(5(11)12)2-1-3-10-6(8)9;/h1-10H,(H2,16,17,18,19);4H,1-3,7H2,(H,11,12)(H4,8,9,10);/q;;+1/p-1/t;4-;/m.0./s1. The van der Waals surface area contributed by atoms with Crippen LogP contribution in [-0.2, 0) is 15.1 Å². The smallest absolute Gasteiger partial charge is 0.846 e. The van der Waals surface area contributed by atoms with Gasteiger partial charge in [-0.3, -0.25) is 19.6 Å². The Bertz CT molecular complexity index is 910. The first-order valence-corrected chi connectivity index (χ1v) is 9.50. The third kappa shape index (κ3) is 7.06. The van der Waals surface area contributed by atoms with E-state index in [4.69, 9.17) is 22.3 Å². The summed E-state index contributed by atoms with van der Waals surface area (Å²) >= 11 is 0. The van der Waals surface area contributed by atoms with Crippen LogP contribution in [0.5, 0.6) is 0 Å². The Hall–Kier alpha value is -2.92. The Morgan fingerprint density at radius 1 is 1.09 bits per heavy atom. The molecule has 1 heterocycles. The maximum absolute atomic E-state index is 12.3. The molecule has 2 aromatic carbocycles. The molecule has 8 N–H and O–H groups in total. The number of nitrogens with two attached hydrogens (primary N) is 3. The number of hydrogen-bond acceptors (Lipinski definition) is 6. The molecule has 1 amide bonds. The van der Waals surface area contributed by atoms with E-state index in [1.165, 1.54) is 0 Å². The molecule has 3 rings (SSSR count). The van der Waals surface area contributed by atoms with Crippen molar-refractivity contribution < 1.29 is 49.4 Å². The van der Waals surface area contributed by atoms with Crippen LogP contribution in [0, 0.1) is 0 Å². The van der Waals surface area contributed by atoms with Crippen LogP contribution in [0.15, 0.2) is 70.6 Å². The monoisotopic (exact) mass is 448 g/mol. The largest absolute Gasteiger partial charge is 1.00 e. The van der Waals surface area contributed by atoms with Gasteiger partial charge in [0.05, 0.1) is 6.02 Å². The molecule has 0 saturated carbocycles. The summed E-state index contributed by atoms with van der Waals surface area (Å²) in [7, 11) is 0. The number of aliphatic imine (C=N–C) groups is 2. The molecule has 0 aromatic heterocycles. The Labute approximate surface area is 207 Å². The van der Waals surface area contributed by atoms with Gasteiger partial charge in [-0.25, -0.2) is 0 Å². The normalized spacial score (nSPS) is 14.5. The predicted octanol–water partition coefficient (Wildman–Crippen LogP) is -3.77. The average Bonchev–Trinajstić information content (AvgIpc) is 3.07. The Morgan fingerprint density at radius 2 is 1.59 bits per heavy atom. The number of carbonyl (C=O) groups excluding carboxylic acids is 1. The second kappa shape index (κ2) is 12.8. The van der Waals surface area contributed by atoms with Crippen LogP contribution in [-0.4, -0.2) is 41.6 Å². The topological polar surface area (TPSA) is 192 Å². The number of benzene rings is 2. The van der Waals surface area contributed by atoms with E-state index >= 15 is 0 Å². The van der Waals surface area contributed by atoms with Crippen molar-refractivity contribution in [3.8, 4) is 0 Å². The molecule has 0 saturated heterocycles. The van der Waals surface area contributed by atoms with Crippen molar-refractivity contribution in [2.45, 2.75) is 24.4 Å². The SMILES string of the molecule is NC(N)=NCCC[C@H](N)C(=O)O.O=C1NC([O-])=NC1(c1ccccc1)c1ccccc1.[Na+]. The first kappa shape index (κ1) is 27.1. The Morgan fingerprint density at radius 3 is 1.97 bits per heavy atom. The van der Waals surface area contributed by atoms with Crippen LogP contribution in [0.3, 0.4) is 0 Å². The molecule has 164 valence electrons. The fraction of sp³-hybridized carbons (Fsp3) is 0.238. The summed E-state index contributed by atoms with van der Waals surface area (Å²) in [6, 6.07) is 16.8. The molecule has 2 aromatic rings. The van der Waals surface area contributed by atoms with Gasteiger partial charge in [-0.2, -0.15) is 0 Å². The van der Waals surface area contributed by atoms with E-state index in [0.717, 1.165) is 0 Å². The quantitative estimate of drug-likeness (QED) is 0.124. The number of carbonyl (C=O) groups is 2. The van der Waals surface area contributed by atoms with Gasteiger partial charge in [0.25, 0.3) is 5.91 Å². The fourth-order valence-electron chi connectivity index (χ4n) is 2.98. The molecule has 1 aliphatic rings. The molecule has 0 spiro atoms. The molecule has 0 bridgehead atoms. The minimum absolute atomic E-state index is 0. The van der Waals surface area contributed by atoms with E-state index in [0.29, 0.717) is 30.5 Å². The van der Waals surface area contributed by atoms with E-state index in [2.05, 4.69) is 15.3 Å². The summed E-state index contributed by atoms with van der Waals surface area (Å²) < 4.78 is 0. The van der Waals surface area contributed by atoms with Crippen LogP contribution >= 0.6 is 0 Å². The van der Waals surface area contributed by atoms with Crippen LogP contribution in [0.2, 0.25) is 0 Å². The molecule has 1 aliphatic heterocycles. The molecule has 32 heavy (non-hydrogen) atoms. The number of carboxylic acid groups (broad SMARTS) is 1. The van der Waals surface area contributed by atoms with E-state index < -0.39 is 29.5 Å². The summed E-state index contributed by atoms with van der Waals surface area (Å²) in [6.07, 6.45) is 0.956. The zero-order valence-corrected chi connectivity index (χ0v) is 19.8. The predicted molar refractivity (Wildman–Crippen MR) is 115 cm³/mol. The van der Waals surface area contributed by atoms with Gasteiger partial charge >= 0.3 is 35.5 Å². The van der Waals surface area contributed by atoms with Crippen molar-refractivity contribution in [2.75, 3.05) is 6.54 Å². The van der Waals surface area contributed by atoms with Crippen molar-refractivity contribution in [1.29, 1.82) is 0 Å². The zero-order chi connectivity index (χ0) is 22.9.